The third-order valence-corrected chi connectivity index (χ3v) is 4.13. The average molecular weight is 300 g/mol. The molecule has 1 N–H and O–H groups in total. The van der Waals surface area contributed by atoms with Gasteiger partial charge in [-0.1, -0.05) is 0 Å². The first-order valence-corrected chi connectivity index (χ1v) is 6.78. The Hall–Kier alpha value is -0.580. The Labute approximate surface area is 108 Å². The normalized spacial score (nSPS) is 12.9. The van der Waals surface area contributed by atoms with Crippen molar-refractivity contribution in [3.63, 3.8) is 0 Å². The van der Waals surface area contributed by atoms with E-state index in [4.69, 9.17) is 4.42 Å². The first kappa shape index (κ1) is 11.9. The number of halogens is 1. The van der Waals surface area contributed by atoms with Gasteiger partial charge in [-0.3, -0.25) is 0 Å². The molecule has 0 aliphatic carbocycles. The molecule has 0 bridgehead atoms. The highest BCUT2D eigenvalue weighted by molar-refractivity contribution is 9.11. The molecule has 2 nitrogen and oxygen atoms in total. The maximum Gasteiger partial charge on any atom is 0.121 e. The molecule has 1 atom stereocenters. The van der Waals surface area contributed by atoms with Gasteiger partial charge in [0, 0.05) is 11.3 Å². The van der Waals surface area contributed by atoms with Crippen LogP contribution in [0.25, 0.3) is 0 Å². The van der Waals surface area contributed by atoms with Gasteiger partial charge in [0.2, 0.25) is 0 Å². The Morgan fingerprint density at radius 3 is 2.69 bits per heavy atom. The highest BCUT2D eigenvalue weighted by Crippen LogP contribution is 2.27. The highest BCUT2D eigenvalue weighted by atomic mass is 79.9. The summed E-state index contributed by atoms with van der Waals surface area (Å²) in [4.78, 5) is 1.35. The summed E-state index contributed by atoms with van der Waals surface area (Å²) < 4.78 is 6.82. The van der Waals surface area contributed by atoms with Crippen molar-refractivity contribution in [2.75, 3.05) is 7.05 Å². The molecule has 1 unspecified atom stereocenters. The standard InChI is InChI=1S/C12H14BrNOS/c1-8-3-5-11(15-8)10(14-2)7-9-4-6-12(13)16-9/h3-6,10,14H,7H2,1-2H3. The quantitative estimate of drug-likeness (QED) is 0.926. The summed E-state index contributed by atoms with van der Waals surface area (Å²) in [5, 5.41) is 3.29. The zero-order valence-corrected chi connectivity index (χ0v) is 11.7. The molecule has 0 aromatic carbocycles. The van der Waals surface area contributed by atoms with Crippen LogP contribution in [0.2, 0.25) is 0 Å². The lowest BCUT2D eigenvalue weighted by atomic mass is 10.1. The largest absolute Gasteiger partial charge is 0.465 e. The molecule has 0 radical (unpaired) electrons. The Morgan fingerprint density at radius 1 is 1.38 bits per heavy atom. The minimum atomic E-state index is 0.249. The Kier molecular flexibility index (Phi) is 3.84. The van der Waals surface area contributed by atoms with Crippen molar-refractivity contribution in [2.45, 2.75) is 19.4 Å². The van der Waals surface area contributed by atoms with Crippen molar-refractivity contribution >= 4 is 27.3 Å². The van der Waals surface area contributed by atoms with Crippen LogP contribution in [0, 0.1) is 6.92 Å². The van der Waals surface area contributed by atoms with E-state index in [1.807, 2.05) is 26.1 Å². The smallest absolute Gasteiger partial charge is 0.121 e. The maximum absolute atomic E-state index is 5.65. The van der Waals surface area contributed by atoms with Crippen LogP contribution in [-0.2, 0) is 6.42 Å². The van der Waals surface area contributed by atoms with Crippen LogP contribution in [0.3, 0.4) is 0 Å². The summed E-state index contributed by atoms with van der Waals surface area (Å²) in [6.07, 6.45) is 0.958. The number of rotatable bonds is 4. The van der Waals surface area contributed by atoms with Gasteiger partial charge in [0.1, 0.15) is 11.5 Å². The van der Waals surface area contributed by atoms with Gasteiger partial charge in [-0.25, -0.2) is 0 Å². The van der Waals surface area contributed by atoms with E-state index in [2.05, 4.69) is 33.4 Å². The molecule has 0 aliphatic heterocycles. The summed E-state index contributed by atoms with van der Waals surface area (Å²) in [5.41, 5.74) is 0. The zero-order chi connectivity index (χ0) is 11.5. The lowest BCUT2D eigenvalue weighted by molar-refractivity contribution is 0.416. The summed E-state index contributed by atoms with van der Waals surface area (Å²) in [7, 11) is 1.96. The third-order valence-electron chi connectivity index (χ3n) is 2.49. The van der Waals surface area contributed by atoms with E-state index >= 15 is 0 Å². The van der Waals surface area contributed by atoms with Gasteiger partial charge < -0.3 is 9.73 Å². The third kappa shape index (κ3) is 2.75. The van der Waals surface area contributed by atoms with Gasteiger partial charge in [0.25, 0.3) is 0 Å². The van der Waals surface area contributed by atoms with Crippen LogP contribution in [0.15, 0.2) is 32.5 Å². The molecule has 0 saturated heterocycles. The first-order valence-electron chi connectivity index (χ1n) is 5.17. The van der Waals surface area contributed by atoms with Crippen molar-refractivity contribution < 1.29 is 4.42 Å². The van der Waals surface area contributed by atoms with Crippen LogP contribution in [0.4, 0.5) is 0 Å². The van der Waals surface area contributed by atoms with E-state index < -0.39 is 0 Å². The fourth-order valence-electron chi connectivity index (χ4n) is 1.65. The van der Waals surface area contributed by atoms with Gasteiger partial charge in [0.15, 0.2) is 0 Å². The summed E-state index contributed by atoms with van der Waals surface area (Å²) in [5.74, 6) is 1.96. The van der Waals surface area contributed by atoms with Crippen LogP contribution >= 0.6 is 27.3 Å². The summed E-state index contributed by atoms with van der Waals surface area (Å²) in [6, 6.07) is 8.53. The molecule has 2 rings (SSSR count). The van der Waals surface area contributed by atoms with Crippen LogP contribution in [-0.4, -0.2) is 7.05 Å². The molecule has 4 heteroatoms. The van der Waals surface area contributed by atoms with Crippen LogP contribution in [0.5, 0.6) is 0 Å². The maximum atomic E-state index is 5.65. The molecule has 0 aliphatic rings. The zero-order valence-electron chi connectivity index (χ0n) is 9.29. The Balaban J connectivity index is 2.12. The number of likely N-dealkylation sites (N-methyl/N-ethyl adjacent to an activating group) is 1. The number of furan rings is 1. The number of aryl methyl sites for hydroxylation is 1. The molecule has 0 saturated carbocycles. The van der Waals surface area contributed by atoms with Gasteiger partial charge in [-0.2, -0.15) is 0 Å². The van der Waals surface area contributed by atoms with Crippen LogP contribution < -0.4 is 5.32 Å². The van der Waals surface area contributed by atoms with E-state index in [1.54, 1.807) is 11.3 Å². The second-order valence-electron chi connectivity index (χ2n) is 3.70. The molecule has 86 valence electrons. The van der Waals surface area contributed by atoms with Gasteiger partial charge in [-0.15, -0.1) is 11.3 Å². The van der Waals surface area contributed by atoms with E-state index in [0.29, 0.717) is 0 Å². The van der Waals surface area contributed by atoms with Crippen LogP contribution in [0.1, 0.15) is 22.4 Å². The Bertz CT molecular complexity index is 463. The summed E-state index contributed by atoms with van der Waals surface area (Å²) in [6.45, 7) is 1.97. The van der Waals surface area contributed by atoms with Crippen molar-refractivity contribution in [3.05, 3.63) is 44.4 Å². The molecule has 0 amide bonds. The second kappa shape index (κ2) is 5.17. The van der Waals surface area contributed by atoms with E-state index in [9.17, 15) is 0 Å². The molecule has 0 fully saturated rings. The van der Waals surface area contributed by atoms with Crippen molar-refractivity contribution in [3.8, 4) is 0 Å². The minimum absolute atomic E-state index is 0.249. The van der Waals surface area contributed by atoms with Crippen molar-refractivity contribution in [1.29, 1.82) is 0 Å². The molecule has 0 spiro atoms. The lowest BCUT2D eigenvalue weighted by Gasteiger charge is -2.12. The fourth-order valence-corrected chi connectivity index (χ4v) is 3.18. The minimum Gasteiger partial charge on any atom is -0.465 e. The van der Waals surface area contributed by atoms with Crippen molar-refractivity contribution in [1.82, 2.24) is 5.32 Å². The van der Waals surface area contributed by atoms with E-state index in [1.165, 1.54) is 8.66 Å². The van der Waals surface area contributed by atoms with E-state index in [-0.39, 0.29) is 6.04 Å². The second-order valence-corrected chi connectivity index (χ2v) is 6.25. The predicted octanol–water partition coefficient (Wildman–Crippen LogP) is 3.92. The lowest BCUT2D eigenvalue weighted by Crippen LogP contribution is -2.17. The predicted molar refractivity (Wildman–Crippen MR) is 71.0 cm³/mol. The summed E-state index contributed by atoms with van der Waals surface area (Å²) >= 11 is 5.25. The number of nitrogens with one attached hydrogen (secondary N) is 1. The van der Waals surface area contributed by atoms with Gasteiger partial charge in [0.05, 0.1) is 9.83 Å². The molecule has 2 aromatic rings. The molecule has 16 heavy (non-hydrogen) atoms. The number of thiophene rings is 1. The highest BCUT2D eigenvalue weighted by Gasteiger charge is 2.14. The average Bonchev–Trinajstić information content (AvgIpc) is 2.84. The van der Waals surface area contributed by atoms with Gasteiger partial charge >= 0.3 is 0 Å². The first-order chi connectivity index (χ1) is 7.69. The monoisotopic (exact) mass is 299 g/mol. The number of hydrogen-bond donors (Lipinski definition) is 1. The Morgan fingerprint density at radius 2 is 2.19 bits per heavy atom. The van der Waals surface area contributed by atoms with Gasteiger partial charge in [-0.05, 0) is 54.2 Å². The molecular formula is C12H14BrNOS. The molecule has 2 heterocycles. The van der Waals surface area contributed by atoms with E-state index in [0.717, 1.165) is 17.9 Å². The van der Waals surface area contributed by atoms with Crippen molar-refractivity contribution in [2.24, 2.45) is 0 Å². The SMILES string of the molecule is CNC(Cc1ccc(Br)s1)c1ccc(C)o1. The molecular weight excluding hydrogens is 286 g/mol. The topological polar surface area (TPSA) is 25.2 Å². The molecule has 2 aromatic heterocycles. The fraction of sp³-hybridized carbons (Fsp3) is 0.333. The number of hydrogen-bond acceptors (Lipinski definition) is 3.